The van der Waals surface area contributed by atoms with Crippen LogP contribution in [-0.2, 0) is 0 Å². The lowest BCUT2D eigenvalue weighted by Gasteiger charge is -2.19. The molecule has 0 heterocycles. The summed E-state index contributed by atoms with van der Waals surface area (Å²) in [7, 11) is 0. The molecule has 0 saturated carbocycles. The van der Waals surface area contributed by atoms with Crippen molar-refractivity contribution in [3.05, 3.63) is 144 Å². The molecule has 194 valence electrons. The lowest BCUT2D eigenvalue weighted by Crippen LogP contribution is -2.11. The molecule has 6 rings (SSSR count). The molecule has 6 aromatic carbocycles. The number of rotatable bonds is 5. The first-order valence-corrected chi connectivity index (χ1v) is 13.1. The molecular formula is C36H26O4. The molecule has 0 saturated heterocycles. The van der Waals surface area contributed by atoms with Gasteiger partial charge in [-0.05, 0) is 71.8 Å². The lowest BCUT2D eigenvalue weighted by atomic mass is 9.92. The molecule has 0 N–H and O–H groups in total. The van der Waals surface area contributed by atoms with Crippen molar-refractivity contribution in [1.29, 1.82) is 0 Å². The summed E-state index contributed by atoms with van der Waals surface area (Å²) >= 11 is 0. The topological polar surface area (TPSA) is 52.6 Å². The zero-order valence-electron chi connectivity index (χ0n) is 22.2. The summed E-state index contributed by atoms with van der Waals surface area (Å²) in [6, 6.07) is 37.9. The molecule has 6 aromatic rings. The predicted octanol–water partition coefficient (Wildman–Crippen LogP) is 8.72. The van der Waals surface area contributed by atoms with E-state index in [1.54, 1.807) is 36.4 Å². The number of carbonyl (C=O) groups excluding carboxylic acids is 2. The molecule has 4 heteroatoms. The van der Waals surface area contributed by atoms with Gasteiger partial charge in [-0.3, -0.25) is 0 Å². The lowest BCUT2D eigenvalue weighted by molar-refractivity contribution is 0.0723. The minimum Gasteiger partial charge on any atom is -0.422 e. The second-order valence-corrected chi connectivity index (χ2v) is 9.83. The van der Waals surface area contributed by atoms with Crippen molar-refractivity contribution in [2.75, 3.05) is 0 Å². The minimum absolute atomic E-state index is 0.383. The maximum absolute atomic E-state index is 13.3. The molecule has 4 nitrogen and oxygen atoms in total. The van der Waals surface area contributed by atoms with Gasteiger partial charge < -0.3 is 9.47 Å². The first-order valence-electron chi connectivity index (χ1n) is 13.1. The maximum atomic E-state index is 13.3. The number of hydrogen-bond acceptors (Lipinski definition) is 4. The molecule has 0 spiro atoms. The summed E-state index contributed by atoms with van der Waals surface area (Å²) < 4.78 is 12.1. The Morgan fingerprint density at radius 3 is 1.55 bits per heavy atom. The van der Waals surface area contributed by atoms with Gasteiger partial charge in [-0.15, -0.1) is 0 Å². The summed E-state index contributed by atoms with van der Waals surface area (Å²) in [5.74, 6) is -0.156. The standard InChI is InChI=1S/C36H26O4/c1-23-14-16-27(17-15-23)35(37)39-31-20-18-25-9-3-5-12-29(25)33(31)34-30-13-6-4-10-26(30)19-21-32(34)40-36(38)28-11-7-8-24(2)22-28/h3-22H,1-2H3. The fraction of sp³-hybridized carbons (Fsp3) is 0.0556. The smallest absolute Gasteiger partial charge is 0.343 e. The molecule has 0 unspecified atom stereocenters. The number of carbonyl (C=O) groups is 2. The third kappa shape index (κ3) is 4.83. The second-order valence-electron chi connectivity index (χ2n) is 9.83. The highest BCUT2D eigenvalue weighted by Gasteiger charge is 2.22. The first kappa shape index (κ1) is 25.1. The van der Waals surface area contributed by atoms with Gasteiger partial charge in [0.15, 0.2) is 0 Å². The average molecular weight is 523 g/mol. The SMILES string of the molecule is Cc1ccc(C(=O)Oc2ccc3ccccc3c2-c2c(OC(=O)c3cccc(C)c3)ccc3ccccc23)cc1. The van der Waals surface area contributed by atoms with Crippen LogP contribution in [0.1, 0.15) is 31.8 Å². The third-order valence-electron chi connectivity index (χ3n) is 6.98. The van der Waals surface area contributed by atoms with E-state index in [0.29, 0.717) is 33.8 Å². The van der Waals surface area contributed by atoms with Crippen LogP contribution < -0.4 is 9.47 Å². The van der Waals surface area contributed by atoms with E-state index in [1.165, 1.54) is 0 Å². The molecule has 0 aliphatic carbocycles. The Bertz CT molecular complexity index is 1900. The third-order valence-corrected chi connectivity index (χ3v) is 6.98. The van der Waals surface area contributed by atoms with Crippen molar-refractivity contribution in [3.8, 4) is 22.6 Å². The van der Waals surface area contributed by atoms with Crippen molar-refractivity contribution >= 4 is 33.5 Å². The largest absolute Gasteiger partial charge is 0.422 e. The Labute approximate surface area is 232 Å². The van der Waals surface area contributed by atoms with Crippen LogP contribution in [-0.4, -0.2) is 11.9 Å². The number of fused-ring (bicyclic) bond motifs is 2. The van der Waals surface area contributed by atoms with Crippen molar-refractivity contribution in [3.63, 3.8) is 0 Å². The second kappa shape index (κ2) is 10.5. The van der Waals surface area contributed by atoms with E-state index in [2.05, 4.69) is 0 Å². The van der Waals surface area contributed by atoms with Crippen LogP contribution in [0.4, 0.5) is 0 Å². The Kier molecular flexibility index (Phi) is 6.59. The van der Waals surface area contributed by atoms with Gasteiger partial charge in [-0.25, -0.2) is 9.59 Å². The molecule has 0 radical (unpaired) electrons. The fourth-order valence-electron chi connectivity index (χ4n) is 4.97. The Morgan fingerprint density at radius 1 is 0.475 bits per heavy atom. The van der Waals surface area contributed by atoms with Crippen LogP contribution in [0.15, 0.2) is 121 Å². The van der Waals surface area contributed by atoms with Crippen molar-refractivity contribution in [1.82, 2.24) is 0 Å². The highest BCUT2D eigenvalue weighted by Crippen LogP contribution is 2.45. The number of benzene rings is 6. The van der Waals surface area contributed by atoms with Gasteiger partial charge in [-0.2, -0.15) is 0 Å². The summed E-state index contributed by atoms with van der Waals surface area (Å²) in [6.07, 6.45) is 0. The number of aryl methyl sites for hydroxylation is 2. The highest BCUT2D eigenvalue weighted by atomic mass is 16.5. The van der Waals surface area contributed by atoms with Gasteiger partial charge >= 0.3 is 11.9 Å². The van der Waals surface area contributed by atoms with Crippen molar-refractivity contribution in [2.45, 2.75) is 13.8 Å². The Balaban J connectivity index is 1.56. The number of ether oxygens (including phenoxy) is 2. The fourth-order valence-corrected chi connectivity index (χ4v) is 4.97. The molecule has 0 atom stereocenters. The van der Waals surface area contributed by atoms with E-state index in [0.717, 1.165) is 32.7 Å². The van der Waals surface area contributed by atoms with E-state index in [1.807, 2.05) is 98.8 Å². The average Bonchev–Trinajstić information content (AvgIpc) is 2.97. The summed E-state index contributed by atoms with van der Waals surface area (Å²) in [6.45, 7) is 3.90. The van der Waals surface area contributed by atoms with Gasteiger partial charge in [-0.1, -0.05) is 96.1 Å². The zero-order chi connectivity index (χ0) is 27.6. The number of hydrogen-bond donors (Lipinski definition) is 0. The van der Waals surface area contributed by atoms with Gasteiger partial charge in [0.25, 0.3) is 0 Å². The zero-order valence-corrected chi connectivity index (χ0v) is 22.2. The van der Waals surface area contributed by atoms with Crippen LogP contribution in [0.5, 0.6) is 11.5 Å². The van der Waals surface area contributed by atoms with E-state index in [9.17, 15) is 9.59 Å². The first-order chi connectivity index (χ1) is 19.5. The van der Waals surface area contributed by atoms with E-state index in [-0.39, 0.29) is 0 Å². The maximum Gasteiger partial charge on any atom is 0.343 e. The quantitative estimate of drug-likeness (QED) is 0.168. The molecule has 0 fully saturated rings. The Morgan fingerprint density at radius 2 is 1.00 bits per heavy atom. The molecule has 40 heavy (non-hydrogen) atoms. The van der Waals surface area contributed by atoms with E-state index < -0.39 is 11.9 Å². The predicted molar refractivity (Wildman–Crippen MR) is 159 cm³/mol. The molecule has 0 aliphatic rings. The van der Waals surface area contributed by atoms with Gasteiger partial charge in [0.2, 0.25) is 0 Å². The summed E-state index contributed by atoms with van der Waals surface area (Å²) in [5.41, 5.74) is 4.30. The van der Waals surface area contributed by atoms with Crippen molar-refractivity contribution < 1.29 is 19.1 Å². The minimum atomic E-state index is -0.463. The van der Waals surface area contributed by atoms with Gasteiger partial charge in [0, 0.05) is 11.1 Å². The molecular weight excluding hydrogens is 496 g/mol. The van der Waals surface area contributed by atoms with Gasteiger partial charge in [0.1, 0.15) is 11.5 Å². The highest BCUT2D eigenvalue weighted by molar-refractivity contribution is 6.11. The normalized spacial score (nSPS) is 10.9. The molecule has 0 amide bonds. The van der Waals surface area contributed by atoms with Crippen LogP contribution >= 0.6 is 0 Å². The monoisotopic (exact) mass is 522 g/mol. The molecule has 0 aromatic heterocycles. The molecule has 0 bridgehead atoms. The van der Waals surface area contributed by atoms with E-state index >= 15 is 0 Å². The number of esters is 2. The molecule has 0 aliphatic heterocycles. The van der Waals surface area contributed by atoms with Crippen molar-refractivity contribution in [2.24, 2.45) is 0 Å². The van der Waals surface area contributed by atoms with Crippen LogP contribution in [0, 0.1) is 13.8 Å². The van der Waals surface area contributed by atoms with Crippen LogP contribution in [0.3, 0.4) is 0 Å². The van der Waals surface area contributed by atoms with Gasteiger partial charge in [0.05, 0.1) is 11.1 Å². The summed E-state index contributed by atoms with van der Waals surface area (Å²) in [5, 5.41) is 3.69. The van der Waals surface area contributed by atoms with E-state index in [4.69, 9.17) is 9.47 Å². The van der Waals surface area contributed by atoms with Crippen LogP contribution in [0.25, 0.3) is 32.7 Å². The Hall–Kier alpha value is -5.22. The van der Waals surface area contributed by atoms with Crippen LogP contribution in [0.2, 0.25) is 0 Å². The summed E-state index contributed by atoms with van der Waals surface area (Å²) in [4.78, 5) is 26.6.